The summed E-state index contributed by atoms with van der Waals surface area (Å²) in [4.78, 5) is 4.17. The standard InChI is InChI=1S/C12H12BrClN2O4S/c1-7(2)12-15-11(20-16-12)6-19-10-4-3-8(5-9(10)13)21(14,17)18/h3-5,7H,6H2,1-2H3. The number of aromatic nitrogens is 2. The minimum atomic E-state index is -3.77. The van der Waals surface area contributed by atoms with E-state index in [2.05, 4.69) is 26.1 Å². The fraction of sp³-hybridized carbons (Fsp3) is 0.333. The van der Waals surface area contributed by atoms with Crippen LogP contribution in [0.2, 0.25) is 0 Å². The minimum absolute atomic E-state index is 0.0109. The third-order valence-corrected chi connectivity index (χ3v) is 4.51. The Balaban J connectivity index is 2.09. The summed E-state index contributed by atoms with van der Waals surface area (Å²) in [6.45, 7) is 4.00. The molecule has 0 spiro atoms. The lowest BCUT2D eigenvalue weighted by Crippen LogP contribution is -1.98. The van der Waals surface area contributed by atoms with Gasteiger partial charge in [-0.2, -0.15) is 4.98 Å². The number of hydrogen-bond acceptors (Lipinski definition) is 6. The highest BCUT2D eigenvalue weighted by Crippen LogP contribution is 2.29. The molecule has 0 atom stereocenters. The normalized spacial score (nSPS) is 11.9. The highest BCUT2D eigenvalue weighted by atomic mass is 79.9. The van der Waals surface area contributed by atoms with Crippen molar-refractivity contribution in [1.29, 1.82) is 0 Å². The van der Waals surface area contributed by atoms with E-state index in [1.807, 2.05) is 13.8 Å². The molecule has 1 heterocycles. The molecule has 0 saturated heterocycles. The summed E-state index contributed by atoms with van der Waals surface area (Å²) in [5.74, 6) is 1.57. The van der Waals surface area contributed by atoms with Crippen molar-refractivity contribution in [2.45, 2.75) is 31.3 Å². The second-order valence-electron chi connectivity index (χ2n) is 4.52. The molecule has 2 rings (SSSR count). The topological polar surface area (TPSA) is 82.3 Å². The van der Waals surface area contributed by atoms with Gasteiger partial charge < -0.3 is 9.26 Å². The summed E-state index contributed by atoms with van der Waals surface area (Å²) in [5, 5.41) is 3.82. The van der Waals surface area contributed by atoms with Crippen molar-refractivity contribution in [3.05, 3.63) is 34.4 Å². The maximum absolute atomic E-state index is 11.2. The molecule has 1 aromatic carbocycles. The van der Waals surface area contributed by atoms with Crippen molar-refractivity contribution in [3.63, 3.8) is 0 Å². The molecule has 21 heavy (non-hydrogen) atoms. The molecule has 0 radical (unpaired) electrons. The molecule has 0 bridgehead atoms. The maximum Gasteiger partial charge on any atom is 0.264 e. The Morgan fingerprint density at radius 1 is 1.43 bits per heavy atom. The summed E-state index contributed by atoms with van der Waals surface area (Å²) in [7, 11) is 1.50. The van der Waals surface area contributed by atoms with Gasteiger partial charge in [-0.15, -0.1) is 0 Å². The van der Waals surface area contributed by atoms with Crippen molar-refractivity contribution in [2.24, 2.45) is 0 Å². The van der Waals surface area contributed by atoms with Gasteiger partial charge in [-0.1, -0.05) is 19.0 Å². The molecule has 0 N–H and O–H groups in total. The van der Waals surface area contributed by atoms with E-state index in [4.69, 9.17) is 19.9 Å². The average Bonchev–Trinajstić information content (AvgIpc) is 2.85. The first-order valence-electron chi connectivity index (χ1n) is 5.97. The molecule has 0 saturated carbocycles. The Morgan fingerprint density at radius 2 is 2.14 bits per heavy atom. The lowest BCUT2D eigenvalue weighted by atomic mass is 10.2. The average molecular weight is 396 g/mol. The molecular weight excluding hydrogens is 384 g/mol. The molecule has 0 fully saturated rings. The monoisotopic (exact) mass is 394 g/mol. The lowest BCUT2D eigenvalue weighted by molar-refractivity contribution is 0.241. The fourth-order valence-electron chi connectivity index (χ4n) is 1.45. The van der Waals surface area contributed by atoms with Gasteiger partial charge in [0, 0.05) is 16.6 Å². The molecule has 0 amide bonds. The van der Waals surface area contributed by atoms with Crippen molar-refractivity contribution >= 4 is 35.7 Å². The van der Waals surface area contributed by atoms with Crippen molar-refractivity contribution in [3.8, 4) is 5.75 Å². The van der Waals surface area contributed by atoms with Crippen LogP contribution in [0.15, 0.2) is 32.1 Å². The van der Waals surface area contributed by atoms with Gasteiger partial charge in [-0.25, -0.2) is 8.42 Å². The van der Waals surface area contributed by atoms with E-state index in [9.17, 15) is 8.42 Å². The van der Waals surface area contributed by atoms with Gasteiger partial charge in [-0.3, -0.25) is 0 Å². The van der Waals surface area contributed by atoms with Gasteiger partial charge in [0.15, 0.2) is 12.4 Å². The van der Waals surface area contributed by atoms with Gasteiger partial charge in [-0.05, 0) is 34.1 Å². The Labute approximate surface area is 135 Å². The van der Waals surface area contributed by atoms with Crippen LogP contribution in [0.25, 0.3) is 0 Å². The molecule has 0 aliphatic heterocycles. The van der Waals surface area contributed by atoms with Crippen LogP contribution in [0.3, 0.4) is 0 Å². The molecule has 0 unspecified atom stereocenters. The van der Waals surface area contributed by atoms with E-state index in [0.29, 0.717) is 21.9 Å². The van der Waals surface area contributed by atoms with Crippen LogP contribution < -0.4 is 4.74 Å². The Morgan fingerprint density at radius 3 is 2.67 bits per heavy atom. The van der Waals surface area contributed by atoms with Gasteiger partial charge >= 0.3 is 0 Å². The van der Waals surface area contributed by atoms with Crippen LogP contribution in [-0.4, -0.2) is 18.6 Å². The molecule has 0 aliphatic rings. The van der Waals surface area contributed by atoms with Crippen LogP contribution in [0.1, 0.15) is 31.5 Å². The second kappa shape index (κ2) is 6.33. The second-order valence-corrected chi connectivity index (χ2v) is 7.94. The largest absolute Gasteiger partial charge is 0.483 e. The molecule has 1 aromatic heterocycles. The molecule has 2 aromatic rings. The van der Waals surface area contributed by atoms with E-state index >= 15 is 0 Å². The molecule has 0 aliphatic carbocycles. The predicted octanol–water partition coefficient (Wildman–Crippen LogP) is 3.46. The number of nitrogens with zero attached hydrogens (tertiary/aromatic N) is 2. The predicted molar refractivity (Wildman–Crippen MR) is 79.9 cm³/mol. The van der Waals surface area contributed by atoms with Crippen molar-refractivity contribution < 1.29 is 17.7 Å². The Hall–Kier alpha value is -1.12. The molecule has 9 heteroatoms. The van der Waals surface area contributed by atoms with Crippen LogP contribution >= 0.6 is 26.6 Å². The summed E-state index contributed by atoms with van der Waals surface area (Å²) in [6.07, 6.45) is 0. The Bertz CT molecular complexity index is 745. The smallest absolute Gasteiger partial charge is 0.264 e. The zero-order valence-corrected chi connectivity index (χ0v) is 14.4. The zero-order valence-electron chi connectivity index (χ0n) is 11.2. The number of rotatable bonds is 5. The first-order chi connectivity index (χ1) is 9.77. The van der Waals surface area contributed by atoms with E-state index in [-0.39, 0.29) is 17.4 Å². The SMILES string of the molecule is CC(C)c1noc(COc2ccc(S(=O)(=O)Cl)cc2Br)n1. The quantitative estimate of drug-likeness (QED) is 0.721. The van der Waals surface area contributed by atoms with Crippen LogP contribution in [0, 0.1) is 0 Å². The van der Waals surface area contributed by atoms with Crippen LogP contribution in [0.4, 0.5) is 0 Å². The van der Waals surface area contributed by atoms with E-state index in [1.54, 1.807) is 0 Å². The highest BCUT2D eigenvalue weighted by Gasteiger charge is 2.14. The van der Waals surface area contributed by atoms with E-state index in [1.165, 1.54) is 18.2 Å². The summed E-state index contributed by atoms with van der Waals surface area (Å²) in [5.41, 5.74) is 0. The van der Waals surface area contributed by atoms with Gasteiger partial charge in [0.25, 0.3) is 14.9 Å². The van der Waals surface area contributed by atoms with Crippen molar-refractivity contribution in [1.82, 2.24) is 10.1 Å². The van der Waals surface area contributed by atoms with E-state index in [0.717, 1.165) is 0 Å². The maximum atomic E-state index is 11.2. The lowest BCUT2D eigenvalue weighted by Gasteiger charge is -2.06. The van der Waals surface area contributed by atoms with Gasteiger partial charge in [0.1, 0.15) is 5.75 Å². The van der Waals surface area contributed by atoms with E-state index < -0.39 is 9.05 Å². The van der Waals surface area contributed by atoms with Crippen molar-refractivity contribution in [2.75, 3.05) is 0 Å². The number of halogens is 2. The zero-order chi connectivity index (χ0) is 15.6. The number of ether oxygens (including phenoxy) is 1. The van der Waals surface area contributed by atoms with Gasteiger partial charge in [0.05, 0.1) is 9.37 Å². The summed E-state index contributed by atoms with van der Waals surface area (Å²) in [6, 6.07) is 4.22. The third-order valence-electron chi connectivity index (χ3n) is 2.54. The third kappa shape index (κ3) is 4.18. The summed E-state index contributed by atoms with van der Waals surface area (Å²) < 4.78 is 33.4. The fourth-order valence-corrected chi connectivity index (χ4v) is 2.87. The first kappa shape index (κ1) is 16.3. The molecular formula is C12H12BrClN2O4S. The Kier molecular flexibility index (Phi) is 4.90. The molecule has 114 valence electrons. The number of benzene rings is 1. The minimum Gasteiger partial charge on any atom is -0.483 e. The number of hydrogen-bond donors (Lipinski definition) is 0. The highest BCUT2D eigenvalue weighted by molar-refractivity contribution is 9.10. The van der Waals surface area contributed by atoms with Crippen LogP contribution in [0.5, 0.6) is 5.75 Å². The molecule has 6 nitrogen and oxygen atoms in total. The first-order valence-corrected chi connectivity index (χ1v) is 9.07. The van der Waals surface area contributed by atoms with Crippen LogP contribution in [-0.2, 0) is 15.7 Å². The van der Waals surface area contributed by atoms with Gasteiger partial charge in [0.2, 0.25) is 0 Å². The summed E-state index contributed by atoms with van der Waals surface area (Å²) >= 11 is 3.23.